The molecule has 1 aromatic rings. The van der Waals surface area contributed by atoms with Crippen LogP contribution in [-0.2, 0) is 6.54 Å². The summed E-state index contributed by atoms with van der Waals surface area (Å²) in [6.45, 7) is 5.73. The molecule has 0 heterocycles. The van der Waals surface area contributed by atoms with Crippen LogP contribution < -0.4 is 0 Å². The van der Waals surface area contributed by atoms with Gasteiger partial charge in [-0.05, 0) is 30.4 Å². The molecule has 0 N–H and O–H groups in total. The lowest BCUT2D eigenvalue weighted by Crippen LogP contribution is -2.30. The fourth-order valence-corrected chi connectivity index (χ4v) is 2.84. The van der Waals surface area contributed by atoms with Gasteiger partial charge in [-0.2, -0.15) is 0 Å². The van der Waals surface area contributed by atoms with Crippen LogP contribution in [0.4, 0.5) is 0 Å². The molecule has 0 unspecified atom stereocenters. The van der Waals surface area contributed by atoms with Gasteiger partial charge in [0.15, 0.2) is 0 Å². The Bertz CT molecular complexity index is 319. The van der Waals surface area contributed by atoms with Crippen molar-refractivity contribution in [3.05, 3.63) is 35.9 Å². The van der Waals surface area contributed by atoms with E-state index in [-0.39, 0.29) is 0 Å². The number of alkyl halides is 1. The first-order valence-corrected chi connectivity index (χ1v) is 7.22. The third kappa shape index (κ3) is 3.08. The molecular weight excluding hydrogens is 262 g/mol. The Kier molecular flexibility index (Phi) is 4.04. The summed E-state index contributed by atoms with van der Waals surface area (Å²) in [6.07, 6.45) is 2.78. The van der Waals surface area contributed by atoms with E-state index in [1.807, 2.05) is 0 Å². The van der Waals surface area contributed by atoms with Crippen molar-refractivity contribution < 1.29 is 0 Å². The number of halogens is 1. The van der Waals surface area contributed by atoms with Crippen LogP contribution >= 0.6 is 15.9 Å². The number of hydrogen-bond donors (Lipinski definition) is 0. The predicted molar refractivity (Wildman–Crippen MR) is 72.9 cm³/mol. The largest absolute Gasteiger partial charge is 0.299 e. The Morgan fingerprint density at radius 3 is 2.44 bits per heavy atom. The van der Waals surface area contributed by atoms with Crippen LogP contribution in [0.1, 0.15) is 25.3 Å². The van der Waals surface area contributed by atoms with Gasteiger partial charge >= 0.3 is 0 Å². The molecule has 0 spiro atoms. The summed E-state index contributed by atoms with van der Waals surface area (Å²) in [6, 6.07) is 10.8. The Morgan fingerprint density at radius 2 is 1.94 bits per heavy atom. The van der Waals surface area contributed by atoms with E-state index in [9.17, 15) is 0 Å². The summed E-state index contributed by atoms with van der Waals surface area (Å²) in [5.41, 5.74) is 2.01. The second kappa shape index (κ2) is 5.33. The average Bonchev–Trinajstić information content (AvgIpc) is 3.10. The minimum absolute atomic E-state index is 0.588. The first-order valence-electron chi connectivity index (χ1n) is 6.10. The highest BCUT2D eigenvalue weighted by atomic mass is 79.9. The SMILES string of the molecule is CCN(Cc1ccccc1)CC1(CBr)CC1. The minimum atomic E-state index is 0.588. The third-order valence-electron chi connectivity index (χ3n) is 3.50. The van der Waals surface area contributed by atoms with E-state index in [2.05, 4.69) is 58.1 Å². The van der Waals surface area contributed by atoms with Crippen LogP contribution in [-0.4, -0.2) is 23.3 Å². The summed E-state index contributed by atoms with van der Waals surface area (Å²) in [5.74, 6) is 0. The maximum Gasteiger partial charge on any atom is 0.0233 e. The summed E-state index contributed by atoms with van der Waals surface area (Å²) in [7, 11) is 0. The van der Waals surface area contributed by atoms with Crippen LogP contribution in [0.2, 0.25) is 0 Å². The summed E-state index contributed by atoms with van der Waals surface area (Å²) < 4.78 is 0. The predicted octanol–water partition coefficient (Wildman–Crippen LogP) is 3.68. The first kappa shape index (κ1) is 12.1. The van der Waals surface area contributed by atoms with Gasteiger partial charge in [0, 0.05) is 18.4 Å². The normalized spacial score (nSPS) is 17.7. The van der Waals surface area contributed by atoms with Crippen LogP contribution in [0.3, 0.4) is 0 Å². The molecule has 0 radical (unpaired) electrons. The second-order valence-electron chi connectivity index (χ2n) is 4.92. The van der Waals surface area contributed by atoms with Crippen molar-refractivity contribution in [2.75, 3.05) is 18.4 Å². The van der Waals surface area contributed by atoms with Crippen LogP contribution in [0.5, 0.6) is 0 Å². The second-order valence-corrected chi connectivity index (χ2v) is 5.48. The molecule has 88 valence electrons. The maximum atomic E-state index is 3.65. The topological polar surface area (TPSA) is 3.24 Å². The Labute approximate surface area is 107 Å². The van der Waals surface area contributed by atoms with Gasteiger partial charge in [-0.25, -0.2) is 0 Å². The molecule has 1 aromatic carbocycles. The first-order chi connectivity index (χ1) is 7.78. The van der Waals surface area contributed by atoms with E-state index >= 15 is 0 Å². The Hall–Kier alpha value is -0.340. The van der Waals surface area contributed by atoms with E-state index < -0.39 is 0 Å². The van der Waals surface area contributed by atoms with E-state index in [0.717, 1.165) is 18.4 Å². The highest BCUT2D eigenvalue weighted by Gasteiger charge is 2.42. The number of nitrogens with zero attached hydrogens (tertiary/aromatic N) is 1. The summed E-state index contributed by atoms with van der Waals surface area (Å²) in [4.78, 5) is 2.56. The fourth-order valence-electron chi connectivity index (χ4n) is 2.11. The zero-order valence-corrected chi connectivity index (χ0v) is 11.5. The molecule has 2 rings (SSSR count). The van der Waals surface area contributed by atoms with Crippen molar-refractivity contribution in [3.8, 4) is 0 Å². The van der Waals surface area contributed by atoms with Gasteiger partial charge in [-0.3, -0.25) is 4.90 Å². The lowest BCUT2D eigenvalue weighted by Gasteiger charge is -2.25. The molecule has 1 aliphatic carbocycles. The molecule has 16 heavy (non-hydrogen) atoms. The maximum absolute atomic E-state index is 3.65. The molecule has 0 aromatic heterocycles. The Morgan fingerprint density at radius 1 is 1.25 bits per heavy atom. The fraction of sp³-hybridized carbons (Fsp3) is 0.571. The summed E-state index contributed by atoms with van der Waals surface area (Å²) >= 11 is 3.65. The van der Waals surface area contributed by atoms with Gasteiger partial charge < -0.3 is 0 Å². The van der Waals surface area contributed by atoms with Gasteiger partial charge in [0.1, 0.15) is 0 Å². The lowest BCUT2D eigenvalue weighted by molar-refractivity contribution is 0.234. The van der Waals surface area contributed by atoms with Crippen molar-refractivity contribution >= 4 is 15.9 Å². The molecular formula is C14H20BrN. The van der Waals surface area contributed by atoms with Crippen LogP contribution in [0, 0.1) is 5.41 Å². The summed E-state index contributed by atoms with van der Waals surface area (Å²) in [5, 5.41) is 1.16. The molecule has 0 saturated heterocycles. The smallest absolute Gasteiger partial charge is 0.0233 e. The standard InChI is InChI=1S/C14H20BrN/c1-2-16(12-14(11-15)8-9-14)10-13-6-4-3-5-7-13/h3-7H,2,8-12H2,1H3. The molecule has 1 fully saturated rings. The molecule has 2 heteroatoms. The third-order valence-corrected chi connectivity index (χ3v) is 4.69. The van der Waals surface area contributed by atoms with E-state index in [1.165, 1.54) is 24.9 Å². The van der Waals surface area contributed by atoms with E-state index in [0.29, 0.717) is 5.41 Å². The Balaban J connectivity index is 1.91. The number of hydrogen-bond acceptors (Lipinski definition) is 1. The molecule has 0 amide bonds. The molecule has 1 saturated carbocycles. The van der Waals surface area contributed by atoms with Crippen molar-refractivity contribution in [1.29, 1.82) is 0 Å². The lowest BCUT2D eigenvalue weighted by atomic mass is 10.1. The van der Waals surface area contributed by atoms with Crippen molar-refractivity contribution in [2.24, 2.45) is 5.41 Å². The van der Waals surface area contributed by atoms with Gasteiger partial charge in [-0.15, -0.1) is 0 Å². The minimum Gasteiger partial charge on any atom is -0.299 e. The molecule has 0 aliphatic heterocycles. The van der Waals surface area contributed by atoms with Crippen molar-refractivity contribution in [2.45, 2.75) is 26.3 Å². The van der Waals surface area contributed by atoms with Gasteiger partial charge in [0.05, 0.1) is 0 Å². The number of rotatable bonds is 6. The zero-order chi connectivity index (χ0) is 11.4. The monoisotopic (exact) mass is 281 g/mol. The van der Waals surface area contributed by atoms with E-state index in [1.54, 1.807) is 0 Å². The van der Waals surface area contributed by atoms with Crippen LogP contribution in [0.15, 0.2) is 30.3 Å². The van der Waals surface area contributed by atoms with Gasteiger partial charge in [-0.1, -0.05) is 53.2 Å². The quantitative estimate of drug-likeness (QED) is 0.719. The molecule has 0 bridgehead atoms. The number of benzene rings is 1. The van der Waals surface area contributed by atoms with Crippen molar-refractivity contribution in [1.82, 2.24) is 4.90 Å². The molecule has 1 nitrogen and oxygen atoms in total. The van der Waals surface area contributed by atoms with E-state index in [4.69, 9.17) is 0 Å². The average molecular weight is 282 g/mol. The van der Waals surface area contributed by atoms with Gasteiger partial charge in [0.25, 0.3) is 0 Å². The van der Waals surface area contributed by atoms with Gasteiger partial charge in [0.2, 0.25) is 0 Å². The molecule has 0 atom stereocenters. The molecule has 1 aliphatic rings. The highest BCUT2D eigenvalue weighted by Crippen LogP contribution is 2.47. The van der Waals surface area contributed by atoms with Crippen LogP contribution in [0.25, 0.3) is 0 Å². The highest BCUT2D eigenvalue weighted by molar-refractivity contribution is 9.09. The van der Waals surface area contributed by atoms with Crippen molar-refractivity contribution in [3.63, 3.8) is 0 Å². The zero-order valence-electron chi connectivity index (χ0n) is 9.95.